The van der Waals surface area contributed by atoms with Crippen LogP contribution in [-0.2, 0) is 21.2 Å². The van der Waals surface area contributed by atoms with E-state index in [0.717, 1.165) is 17.3 Å². The Morgan fingerprint density at radius 1 is 1.18 bits per heavy atom. The minimum absolute atomic E-state index is 0.0313. The molecule has 1 aliphatic carbocycles. The second kappa shape index (κ2) is 11.4. The number of nitrogens with two attached hydrogens (primary N) is 1. The van der Waals surface area contributed by atoms with Crippen LogP contribution in [0.3, 0.4) is 0 Å². The van der Waals surface area contributed by atoms with Gasteiger partial charge in [-0.05, 0) is 54.0 Å². The Morgan fingerprint density at radius 3 is 2.61 bits per heavy atom. The van der Waals surface area contributed by atoms with Crippen molar-refractivity contribution in [3.8, 4) is 0 Å². The number of halogens is 4. The Balaban J connectivity index is 1.78. The molecule has 0 spiro atoms. The number of imidazole rings is 1. The predicted molar refractivity (Wildman–Crippen MR) is 154 cm³/mol. The fourth-order valence-corrected chi connectivity index (χ4v) is 6.66. The summed E-state index contributed by atoms with van der Waals surface area (Å²) in [6.07, 6.45) is 7.10. The van der Waals surface area contributed by atoms with Crippen LogP contribution in [0.25, 0.3) is 0 Å². The van der Waals surface area contributed by atoms with Gasteiger partial charge in [0.25, 0.3) is 0 Å². The highest BCUT2D eigenvalue weighted by atomic mass is 35.5. The van der Waals surface area contributed by atoms with E-state index in [2.05, 4.69) is 13.8 Å². The van der Waals surface area contributed by atoms with Gasteiger partial charge in [-0.3, -0.25) is 0 Å². The van der Waals surface area contributed by atoms with Crippen LogP contribution in [0, 0.1) is 5.82 Å². The van der Waals surface area contributed by atoms with Crippen LogP contribution < -0.4 is 5.14 Å². The van der Waals surface area contributed by atoms with Gasteiger partial charge in [-0.15, -0.1) is 9.24 Å². The van der Waals surface area contributed by atoms with Gasteiger partial charge in [0.05, 0.1) is 22.3 Å². The smallest absolute Gasteiger partial charge is 0.240 e. The number of hydrogen-bond acceptors (Lipinski definition) is 4. The monoisotopic (exact) mass is 615 g/mol. The van der Waals surface area contributed by atoms with Crippen molar-refractivity contribution in [3.63, 3.8) is 0 Å². The van der Waals surface area contributed by atoms with Crippen molar-refractivity contribution >= 4 is 54.2 Å². The lowest BCUT2D eigenvalue weighted by Gasteiger charge is -2.32. The third-order valence-electron chi connectivity index (χ3n) is 6.49. The van der Waals surface area contributed by atoms with E-state index < -0.39 is 26.2 Å². The first kappa shape index (κ1) is 29.2. The maximum Gasteiger partial charge on any atom is 0.240 e. The summed E-state index contributed by atoms with van der Waals surface area (Å²) in [7, 11) is -1.42. The van der Waals surface area contributed by atoms with Gasteiger partial charge in [-0.1, -0.05) is 67.0 Å². The summed E-state index contributed by atoms with van der Waals surface area (Å²) in [5, 5.41) is 6.69. The van der Waals surface area contributed by atoms with Crippen LogP contribution in [0.4, 0.5) is 8.78 Å². The molecule has 3 aromatic rings. The number of rotatable bonds is 7. The lowest BCUT2D eigenvalue weighted by Crippen LogP contribution is -2.28. The van der Waals surface area contributed by atoms with Crippen molar-refractivity contribution in [2.24, 2.45) is 5.14 Å². The molecule has 5 nitrogen and oxygen atoms in total. The molecule has 38 heavy (non-hydrogen) atoms. The molecular weight excluding hydrogens is 590 g/mol. The Bertz CT molecular complexity index is 1540. The van der Waals surface area contributed by atoms with Crippen molar-refractivity contribution in [3.05, 3.63) is 99.3 Å². The number of allylic oxidation sites excluding steroid dienone is 4. The van der Waals surface area contributed by atoms with E-state index in [4.69, 9.17) is 33.3 Å². The van der Waals surface area contributed by atoms with Gasteiger partial charge in [0.1, 0.15) is 16.5 Å². The molecule has 0 bridgehead atoms. The molecule has 2 N–H and O–H groups in total. The summed E-state index contributed by atoms with van der Waals surface area (Å²) in [6, 6.07) is 9.06. The van der Waals surface area contributed by atoms with Crippen molar-refractivity contribution < 1.29 is 17.2 Å². The SMILES string of the molecule is CC(C)(c1ccc(Cl)c(Cl)c1)c1cnc(SCc2ccc(F)c(S(N)(=O)=O)c2)n1C1C=CC(F)=CCC1P. The van der Waals surface area contributed by atoms with Gasteiger partial charge < -0.3 is 4.57 Å². The molecule has 1 aliphatic rings. The van der Waals surface area contributed by atoms with Crippen LogP contribution >= 0.6 is 44.2 Å². The zero-order valence-electron chi connectivity index (χ0n) is 20.5. The molecular formula is C26H26Cl2F2N3O2PS2. The predicted octanol–water partition coefficient (Wildman–Crippen LogP) is 7.19. The van der Waals surface area contributed by atoms with E-state index in [1.54, 1.807) is 18.3 Å². The average molecular weight is 617 g/mol. The molecule has 2 aromatic carbocycles. The highest BCUT2D eigenvalue weighted by Crippen LogP contribution is 2.41. The number of aromatic nitrogens is 2. The number of thioether (sulfide) groups is 1. The number of hydrogen-bond donors (Lipinski definition) is 1. The summed E-state index contributed by atoms with van der Waals surface area (Å²) in [5.41, 5.74) is 1.76. The zero-order valence-corrected chi connectivity index (χ0v) is 24.8. The first-order valence-electron chi connectivity index (χ1n) is 11.6. The highest BCUT2D eigenvalue weighted by molar-refractivity contribution is 7.98. The largest absolute Gasteiger partial charge is 0.315 e. The Kier molecular flexibility index (Phi) is 8.77. The Morgan fingerprint density at radius 2 is 1.92 bits per heavy atom. The fraction of sp³-hybridized carbons (Fsp3) is 0.269. The van der Waals surface area contributed by atoms with E-state index in [1.807, 2.05) is 32.1 Å². The third-order valence-corrected chi connectivity index (χ3v) is 9.86. The van der Waals surface area contributed by atoms with E-state index in [0.29, 0.717) is 32.9 Å². The molecule has 202 valence electrons. The molecule has 4 rings (SSSR count). The van der Waals surface area contributed by atoms with Crippen molar-refractivity contribution in [2.45, 2.75) is 53.2 Å². The van der Waals surface area contributed by atoms with Gasteiger partial charge >= 0.3 is 0 Å². The average Bonchev–Trinajstić information content (AvgIpc) is 3.20. The summed E-state index contributed by atoms with van der Waals surface area (Å²) in [6.45, 7) is 4.09. The second-order valence-corrected chi connectivity index (χ2v) is 13.6. The second-order valence-electron chi connectivity index (χ2n) is 9.49. The topological polar surface area (TPSA) is 78.0 Å². The fourth-order valence-electron chi connectivity index (χ4n) is 4.30. The number of nitrogens with zero attached hydrogens (tertiary/aromatic N) is 2. The molecule has 3 unspecified atom stereocenters. The standard InChI is InChI=1S/C26H26Cl2F2N3O2PS2/c1-26(2,16-4-7-18(27)19(28)12-16)24-13-32-25(33(24)21-9-5-17(29)6-10-22(21)36)37-14-15-3-8-20(30)23(11-15)38(31,34)35/h3-9,11-13,21-22H,10,14,36H2,1-2H3,(H2,31,34,35). The molecule has 0 aliphatic heterocycles. The van der Waals surface area contributed by atoms with Gasteiger partial charge in [-0.25, -0.2) is 27.3 Å². The highest BCUT2D eigenvalue weighted by Gasteiger charge is 2.33. The molecule has 12 heteroatoms. The zero-order chi connectivity index (χ0) is 27.8. The summed E-state index contributed by atoms with van der Waals surface area (Å²) in [4.78, 5) is 4.15. The maximum absolute atomic E-state index is 14.2. The van der Waals surface area contributed by atoms with Gasteiger partial charge in [0.2, 0.25) is 10.0 Å². The van der Waals surface area contributed by atoms with Crippen molar-refractivity contribution in [2.75, 3.05) is 0 Å². The van der Waals surface area contributed by atoms with Crippen LogP contribution in [0.2, 0.25) is 10.0 Å². The lowest BCUT2D eigenvalue weighted by atomic mass is 9.81. The van der Waals surface area contributed by atoms with Crippen LogP contribution in [0.1, 0.15) is 43.1 Å². The Hall–Kier alpha value is -1.74. The van der Waals surface area contributed by atoms with Gasteiger partial charge in [-0.2, -0.15) is 0 Å². The molecule has 0 saturated heterocycles. The lowest BCUT2D eigenvalue weighted by molar-refractivity contribution is 0.472. The minimum atomic E-state index is -4.21. The maximum atomic E-state index is 14.2. The molecule has 0 saturated carbocycles. The molecule has 0 amide bonds. The van der Waals surface area contributed by atoms with E-state index in [1.165, 1.54) is 30.0 Å². The molecule has 0 fully saturated rings. The first-order valence-corrected chi connectivity index (χ1v) is 15.5. The molecule has 1 heterocycles. The van der Waals surface area contributed by atoms with Crippen molar-refractivity contribution in [1.29, 1.82) is 0 Å². The minimum Gasteiger partial charge on any atom is -0.315 e. The molecule has 0 radical (unpaired) electrons. The number of primary sulfonamides is 1. The van der Waals surface area contributed by atoms with Crippen LogP contribution in [0.5, 0.6) is 0 Å². The van der Waals surface area contributed by atoms with E-state index in [9.17, 15) is 17.2 Å². The normalized spacial score (nSPS) is 18.4. The quantitative estimate of drug-likeness (QED) is 0.225. The summed E-state index contributed by atoms with van der Waals surface area (Å²) in [5.74, 6) is -0.907. The third kappa shape index (κ3) is 6.19. The number of benzene rings is 2. The van der Waals surface area contributed by atoms with Gasteiger partial charge in [0.15, 0.2) is 5.16 Å². The van der Waals surface area contributed by atoms with Gasteiger partial charge in [0, 0.05) is 22.5 Å². The van der Waals surface area contributed by atoms with Crippen molar-refractivity contribution in [1.82, 2.24) is 9.55 Å². The van der Waals surface area contributed by atoms with Crippen LogP contribution in [-0.4, -0.2) is 23.6 Å². The number of sulfonamides is 1. The first-order chi connectivity index (χ1) is 17.8. The van der Waals surface area contributed by atoms with E-state index >= 15 is 0 Å². The van der Waals surface area contributed by atoms with Crippen LogP contribution in [0.15, 0.2) is 76.7 Å². The van der Waals surface area contributed by atoms with E-state index in [-0.39, 0.29) is 17.5 Å². The summed E-state index contributed by atoms with van der Waals surface area (Å²) < 4.78 is 53.8. The molecule has 3 atom stereocenters. The summed E-state index contributed by atoms with van der Waals surface area (Å²) >= 11 is 13.9. The molecule has 1 aromatic heterocycles. The Labute approximate surface area is 237 Å².